The molecule has 4 rings (SSSR count). The van der Waals surface area contributed by atoms with E-state index in [1.165, 1.54) is 77.2 Å². The summed E-state index contributed by atoms with van der Waals surface area (Å²) in [6.07, 6.45) is 20.1. The van der Waals surface area contributed by atoms with Gasteiger partial charge in [0.05, 0.1) is 38.1 Å². The molecule has 7 nitrogen and oxygen atoms in total. The van der Waals surface area contributed by atoms with Crippen LogP contribution in [-0.2, 0) is 14.2 Å². The Morgan fingerprint density at radius 1 is 0.756 bits per heavy atom. The average molecular weight is 635 g/mol. The Labute approximate surface area is 277 Å². The summed E-state index contributed by atoms with van der Waals surface area (Å²) in [5, 5.41) is 3.75. The van der Waals surface area contributed by atoms with Crippen molar-refractivity contribution < 1.29 is 14.2 Å². The van der Waals surface area contributed by atoms with E-state index in [4.69, 9.17) is 31.4 Å². The summed E-state index contributed by atoms with van der Waals surface area (Å²) in [5.41, 5.74) is 18.4. The van der Waals surface area contributed by atoms with Crippen LogP contribution in [0, 0.1) is 46.3 Å². The maximum atomic E-state index is 6.86. The van der Waals surface area contributed by atoms with Gasteiger partial charge >= 0.3 is 0 Å². The fourth-order valence-corrected chi connectivity index (χ4v) is 11.2. The van der Waals surface area contributed by atoms with Gasteiger partial charge in [0.15, 0.2) is 0 Å². The Kier molecular flexibility index (Phi) is 15.4. The Morgan fingerprint density at radius 3 is 2.20 bits per heavy atom. The number of ether oxygens (including phenoxy) is 3. The maximum absolute atomic E-state index is 6.86. The molecule has 264 valence electrons. The quantitative estimate of drug-likeness (QED) is 0.110. The second-order valence-electron chi connectivity index (χ2n) is 16.1. The average Bonchev–Trinajstić information content (AvgIpc) is 3.40. The molecule has 0 saturated heterocycles. The molecule has 11 atom stereocenters. The summed E-state index contributed by atoms with van der Waals surface area (Å²) in [5.74, 6) is 3.81. The summed E-state index contributed by atoms with van der Waals surface area (Å²) < 4.78 is 19.9. The predicted octanol–water partition coefficient (Wildman–Crippen LogP) is 6.26. The Hall–Kier alpha value is -0.280. The van der Waals surface area contributed by atoms with Gasteiger partial charge in [0, 0.05) is 25.0 Å². The third-order valence-corrected chi connectivity index (χ3v) is 13.5. The number of nitrogens with one attached hydrogen (secondary N) is 1. The van der Waals surface area contributed by atoms with E-state index in [2.05, 4.69) is 33.0 Å². The molecule has 0 aromatic carbocycles. The van der Waals surface area contributed by atoms with Crippen LogP contribution >= 0.6 is 0 Å². The van der Waals surface area contributed by atoms with Crippen LogP contribution in [0.2, 0.25) is 0 Å². The SMILES string of the molecule is CCCCCCCCNCCC[C@@H](C)[C@H]1CC[C@H]2C3[C@H](OCCN)CC4C[C@H](OCCN)CCC4(C)[C@H]3C[C@H](OCCN)C12C. The van der Waals surface area contributed by atoms with Gasteiger partial charge in [-0.15, -0.1) is 0 Å². The standard InChI is InChI=1S/C38H74N4O3/c1-5-6-7-8-9-10-20-42-21-11-12-28(2)31-13-14-32-36-33(27-35(38(31,32)4)45-24-19-41)37(3)16-15-30(43-22-17-39)25-29(37)26-34(36)44-23-18-40/h28-36,42H,5-27,39-41H2,1-4H3/t28-,29?,30-,31-,32+,33+,34-,35+,36?,37?,38?/m1/s1. The van der Waals surface area contributed by atoms with E-state index in [1.807, 2.05) is 0 Å². The molecule has 7 heteroatoms. The molecule has 4 unspecified atom stereocenters. The Bertz CT molecular complexity index is 833. The molecule has 4 aliphatic carbocycles. The molecule has 0 aromatic rings. The molecule has 45 heavy (non-hydrogen) atoms. The number of hydrogen-bond donors (Lipinski definition) is 4. The van der Waals surface area contributed by atoms with E-state index < -0.39 is 0 Å². The first kappa shape index (κ1) is 37.5. The second-order valence-corrected chi connectivity index (χ2v) is 16.1. The minimum absolute atomic E-state index is 0.163. The summed E-state index contributed by atoms with van der Waals surface area (Å²) >= 11 is 0. The third-order valence-electron chi connectivity index (χ3n) is 13.5. The van der Waals surface area contributed by atoms with Gasteiger partial charge in [-0.1, -0.05) is 59.8 Å². The zero-order valence-corrected chi connectivity index (χ0v) is 29.9. The first-order chi connectivity index (χ1) is 21.8. The molecule has 0 heterocycles. The van der Waals surface area contributed by atoms with Gasteiger partial charge in [-0.05, 0) is 118 Å². The Balaban J connectivity index is 1.44. The van der Waals surface area contributed by atoms with Gasteiger partial charge in [-0.3, -0.25) is 0 Å². The highest BCUT2D eigenvalue weighted by Gasteiger charge is 2.66. The number of hydrogen-bond acceptors (Lipinski definition) is 7. The molecular weight excluding hydrogens is 560 g/mol. The van der Waals surface area contributed by atoms with Crippen molar-refractivity contribution in [1.82, 2.24) is 5.32 Å². The van der Waals surface area contributed by atoms with Crippen LogP contribution in [0.1, 0.15) is 124 Å². The molecule has 4 fully saturated rings. The zero-order valence-electron chi connectivity index (χ0n) is 29.9. The van der Waals surface area contributed by atoms with Gasteiger partial charge in [-0.2, -0.15) is 0 Å². The van der Waals surface area contributed by atoms with E-state index in [-0.39, 0.29) is 17.6 Å². The molecule has 0 aliphatic heterocycles. The molecule has 4 saturated carbocycles. The van der Waals surface area contributed by atoms with Crippen LogP contribution in [0.25, 0.3) is 0 Å². The van der Waals surface area contributed by atoms with Crippen molar-refractivity contribution in [2.75, 3.05) is 52.5 Å². The second kappa shape index (κ2) is 18.5. The van der Waals surface area contributed by atoms with Crippen LogP contribution < -0.4 is 22.5 Å². The van der Waals surface area contributed by atoms with E-state index >= 15 is 0 Å². The summed E-state index contributed by atoms with van der Waals surface area (Å²) in [6.45, 7) is 16.2. The number of rotatable bonds is 21. The highest BCUT2D eigenvalue weighted by molar-refractivity contribution is 5.15. The van der Waals surface area contributed by atoms with Crippen LogP contribution in [-0.4, -0.2) is 70.9 Å². The molecular formula is C38H74N4O3. The molecule has 0 bridgehead atoms. The van der Waals surface area contributed by atoms with Crippen LogP contribution in [0.3, 0.4) is 0 Å². The summed E-state index contributed by atoms with van der Waals surface area (Å²) in [7, 11) is 0. The third kappa shape index (κ3) is 8.85. The molecule has 7 N–H and O–H groups in total. The van der Waals surface area contributed by atoms with Crippen molar-refractivity contribution in [1.29, 1.82) is 0 Å². The Morgan fingerprint density at radius 2 is 1.44 bits per heavy atom. The smallest absolute Gasteiger partial charge is 0.0637 e. The molecule has 0 spiro atoms. The lowest BCUT2D eigenvalue weighted by Gasteiger charge is -2.64. The highest BCUT2D eigenvalue weighted by atomic mass is 16.5. The van der Waals surface area contributed by atoms with Crippen molar-refractivity contribution >= 4 is 0 Å². The van der Waals surface area contributed by atoms with Crippen molar-refractivity contribution in [3.63, 3.8) is 0 Å². The number of unbranched alkanes of at least 4 members (excludes halogenated alkanes) is 5. The lowest BCUT2D eigenvalue weighted by atomic mass is 9.43. The summed E-state index contributed by atoms with van der Waals surface area (Å²) in [4.78, 5) is 0. The molecule has 0 aromatic heterocycles. The fourth-order valence-electron chi connectivity index (χ4n) is 11.2. The normalized spacial score (nSPS) is 38.5. The van der Waals surface area contributed by atoms with Gasteiger partial charge in [0.1, 0.15) is 0 Å². The van der Waals surface area contributed by atoms with Crippen LogP contribution in [0.5, 0.6) is 0 Å². The van der Waals surface area contributed by atoms with E-state index in [9.17, 15) is 0 Å². The van der Waals surface area contributed by atoms with E-state index in [0.717, 1.165) is 32.2 Å². The van der Waals surface area contributed by atoms with Crippen molar-refractivity contribution in [3.8, 4) is 0 Å². The van der Waals surface area contributed by atoms with Crippen molar-refractivity contribution in [3.05, 3.63) is 0 Å². The van der Waals surface area contributed by atoms with E-state index in [1.54, 1.807) is 0 Å². The zero-order chi connectivity index (χ0) is 32.3. The van der Waals surface area contributed by atoms with Crippen molar-refractivity contribution in [2.24, 2.45) is 63.5 Å². The maximum Gasteiger partial charge on any atom is 0.0637 e. The first-order valence-corrected chi connectivity index (χ1v) is 19.5. The lowest BCUT2D eigenvalue weighted by molar-refractivity contribution is -0.226. The largest absolute Gasteiger partial charge is 0.377 e. The minimum Gasteiger partial charge on any atom is -0.377 e. The summed E-state index contributed by atoms with van der Waals surface area (Å²) in [6, 6.07) is 0. The van der Waals surface area contributed by atoms with E-state index in [0.29, 0.717) is 86.5 Å². The number of fused-ring (bicyclic) bond motifs is 5. The van der Waals surface area contributed by atoms with Gasteiger partial charge in [0.25, 0.3) is 0 Å². The van der Waals surface area contributed by atoms with Crippen LogP contribution in [0.15, 0.2) is 0 Å². The van der Waals surface area contributed by atoms with Crippen molar-refractivity contribution in [2.45, 2.75) is 142 Å². The topological polar surface area (TPSA) is 118 Å². The molecule has 0 amide bonds. The molecule has 4 aliphatic rings. The van der Waals surface area contributed by atoms with Gasteiger partial charge < -0.3 is 36.7 Å². The van der Waals surface area contributed by atoms with Crippen LogP contribution in [0.4, 0.5) is 0 Å². The highest BCUT2D eigenvalue weighted by Crippen LogP contribution is 2.69. The number of nitrogens with two attached hydrogens (primary N) is 3. The minimum atomic E-state index is 0.163. The van der Waals surface area contributed by atoms with Gasteiger partial charge in [0.2, 0.25) is 0 Å². The monoisotopic (exact) mass is 635 g/mol. The van der Waals surface area contributed by atoms with Gasteiger partial charge in [-0.25, -0.2) is 0 Å². The predicted molar refractivity (Wildman–Crippen MR) is 187 cm³/mol. The molecule has 0 radical (unpaired) electrons. The first-order valence-electron chi connectivity index (χ1n) is 19.5. The fraction of sp³-hybridized carbons (Fsp3) is 1.00. The lowest BCUT2D eigenvalue weighted by Crippen LogP contribution is -2.63.